The van der Waals surface area contributed by atoms with Gasteiger partial charge < -0.3 is 14.7 Å². The number of ether oxygens (including phenoxy) is 1. The number of methoxy groups -OCH3 is 1. The molecule has 1 amide bonds. The van der Waals surface area contributed by atoms with Gasteiger partial charge in [0.25, 0.3) is 0 Å². The van der Waals surface area contributed by atoms with Crippen LogP contribution >= 0.6 is 0 Å². The second-order valence-electron chi connectivity index (χ2n) is 8.42. The van der Waals surface area contributed by atoms with Gasteiger partial charge in [-0.25, -0.2) is 4.79 Å². The molecule has 180 valence electrons. The summed E-state index contributed by atoms with van der Waals surface area (Å²) >= 11 is 0. The van der Waals surface area contributed by atoms with E-state index < -0.39 is 17.6 Å². The number of carboxylic acid groups (broad SMARTS) is 1. The molecule has 34 heavy (non-hydrogen) atoms. The third kappa shape index (κ3) is 4.99. The molecule has 3 rings (SSSR count). The van der Waals surface area contributed by atoms with Crippen LogP contribution in [0, 0.1) is 5.92 Å². The number of carboxylic acids is 1. The van der Waals surface area contributed by atoms with E-state index >= 15 is 0 Å². The summed E-state index contributed by atoms with van der Waals surface area (Å²) in [5.74, 6) is -1.39. The van der Waals surface area contributed by atoms with E-state index in [0.29, 0.717) is 12.2 Å². The Hall–Kier alpha value is -3.59. The van der Waals surface area contributed by atoms with E-state index in [1.165, 1.54) is 12.0 Å². The Morgan fingerprint density at radius 2 is 1.79 bits per heavy atom. The van der Waals surface area contributed by atoms with E-state index in [0.717, 1.165) is 28.7 Å². The van der Waals surface area contributed by atoms with Crippen LogP contribution in [0.25, 0.3) is 22.5 Å². The summed E-state index contributed by atoms with van der Waals surface area (Å²) in [6.45, 7) is 5.60. The first kappa shape index (κ1) is 25.0. The molecule has 3 aromatic rings. The second kappa shape index (κ2) is 11.0. The molecular formula is C25H31N5O4. The number of unbranched alkanes of at least 4 members (excludes halogenated alkanes) is 1. The molecule has 9 nitrogen and oxygen atoms in total. The highest BCUT2D eigenvalue weighted by atomic mass is 16.5. The van der Waals surface area contributed by atoms with Crippen molar-refractivity contribution in [3.8, 4) is 22.5 Å². The lowest BCUT2D eigenvalue weighted by Gasteiger charge is -2.42. The quantitative estimate of drug-likeness (QED) is 0.408. The van der Waals surface area contributed by atoms with Crippen LogP contribution in [0.1, 0.15) is 45.6 Å². The zero-order chi connectivity index (χ0) is 24.7. The van der Waals surface area contributed by atoms with Gasteiger partial charge in [-0.1, -0.05) is 75.7 Å². The van der Waals surface area contributed by atoms with Crippen molar-refractivity contribution in [3.63, 3.8) is 0 Å². The van der Waals surface area contributed by atoms with Crippen LogP contribution < -0.4 is 0 Å². The minimum absolute atomic E-state index is 0.119. The Balaban J connectivity index is 1.95. The molecule has 2 aromatic carbocycles. The van der Waals surface area contributed by atoms with Crippen LogP contribution in [0.4, 0.5) is 0 Å². The first-order chi connectivity index (χ1) is 16.3. The topological polar surface area (TPSA) is 121 Å². The normalized spacial score (nSPS) is 13.0. The third-order valence-electron chi connectivity index (χ3n) is 5.97. The van der Waals surface area contributed by atoms with E-state index in [9.17, 15) is 14.7 Å². The van der Waals surface area contributed by atoms with Crippen molar-refractivity contribution in [2.45, 2.75) is 52.3 Å². The monoisotopic (exact) mass is 465 g/mol. The standard InChI is InChI=1S/C25H31N5O4/c1-5-6-11-22(31)30(25(34-4,17(2)3)24(32)33)16-18-12-14-19(15-13-18)20-9-7-8-10-21(20)23-26-28-29-27-23/h7-10,12-15,17H,5-6,11,16H2,1-4H3,(H,32,33)(H,26,27,28,29)/t25-/m0/s1. The average Bonchev–Trinajstić information content (AvgIpc) is 3.37. The largest absolute Gasteiger partial charge is 0.478 e. The Bertz CT molecular complexity index is 1100. The lowest BCUT2D eigenvalue weighted by molar-refractivity contribution is -0.208. The molecule has 0 saturated heterocycles. The fraction of sp³-hybridized carbons (Fsp3) is 0.400. The Morgan fingerprint density at radius 3 is 2.32 bits per heavy atom. The molecule has 0 aliphatic rings. The van der Waals surface area contributed by atoms with Crippen LogP contribution in [0.5, 0.6) is 0 Å². The van der Waals surface area contributed by atoms with Crippen molar-refractivity contribution in [2.75, 3.05) is 7.11 Å². The van der Waals surface area contributed by atoms with E-state index in [1.807, 2.05) is 55.5 Å². The summed E-state index contributed by atoms with van der Waals surface area (Å²) in [4.78, 5) is 26.9. The Morgan fingerprint density at radius 1 is 1.12 bits per heavy atom. The van der Waals surface area contributed by atoms with E-state index in [1.54, 1.807) is 13.8 Å². The molecule has 0 fully saturated rings. The van der Waals surface area contributed by atoms with Crippen LogP contribution in [0.2, 0.25) is 0 Å². The molecule has 0 spiro atoms. The molecule has 0 saturated carbocycles. The van der Waals surface area contributed by atoms with Crippen molar-refractivity contribution in [1.82, 2.24) is 25.5 Å². The van der Waals surface area contributed by atoms with Crippen LogP contribution in [0.3, 0.4) is 0 Å². The van der Waals surface area contributed by atoms with Crippen molar-refractivity contribution < 1.29 is 19.4 Å². The molecule has 0 unspecified atom stereocenters. The van der Waals surface area contributed by atoms with Crippen molar-refractivity contribution >= 4 is 11.9 Å². The lowest BCUT2D eigenvalue weighted by atomic mass is 9.95. The lowest BCUT2D eigenvalue weighted by Crippen LogP contribution is -2.61. The number of carbonyl (C=O) groups excluding carboxylic acids is 1. The molecule has 0 bridgehead atoms. The van der Waals surface area contributed by atoms with Gasteiger partial charge in [-0.15, -0.1) is 10.2 Å². The van der Waals surface area contributed by atoms with Gasteiger partial charge in [0.05, 0.1) is 0 Å². The highest BCUT2D eigenvalue weighted by molar-refractivity contribution is 5.86. The van der Waals surface area contributed by atoms with E-state index in [-0.39, 0.29) is 18.9 Å². The van der Waals surface area contributed by atoms with Crippen LogP contribution in [-0.2, 0) is 20.9 Å². The zero-order valence-corrected chi connectivity index (χ0v) is 20.0. The van der Waals surface area contributed by atoms with Gasteiger partial charge in [0.2, 0.25) is 17.5 Å². The average molecular weight is 466 g/mol. The van der Waals surface area contributed by atoms with E-state index in [4.69, 9.17) is 4.74 Å². The number of rotatable bonds is 11. The first-order valence-electron chi connectivity index (χ1n) is 11.4. The Kier molecular flexibility index (Phi) is 8.12. The number of aromatic nitrogens is 4. The third-order valence-corrected chi connectivity index (χ3v) is 5.97. The molecule has 9 heteroatoms. The maximum absolute atomic E-state index is 13.1. The number of nitrogens with one attached hydrogen (secondary N) is 1. The summed E-state index contributed by atoms with van der Waals surface area (Å²) in [6.07, 6.45) is 1.78. The van der Waals surface area contributed by atoms with Gasteiger partial charge in [-0.05, 0) is 28.3 Å². The van der Waals surface area contributed by atoms with Gasteiger partial charge in [-0.3, -0.25) is 4.79 Å². The number of nitrogens with zero attached hydrogens (tertiary/aromatic N) is 4. The number of H-pyrrole nitrogens is 1. The molecule has 0 aliphatic heterocycles. The summed E-state index contributed by atoms with van der Waals surface area (Å²) < 4.78 is 5.53. The minimum Gasteiger partial charge on any atom is -0.478 e. The van der Waals surface area contributed by atoms with Crippen molar-refractivity contribution in [3.05, 3.63) is 54.1 Å². The van der Waals surface area contributed by atoms with Crippen molar-refractivity contribution in [2.24, 2.45) is 5.92 Å². The molecule has 1 atom stereocenters. The minimum atomic E-state index is -1.76. The predicted molar refractivity (Wildman–Crippen MR) is 127 cm³/mol. The zero-order valence-electron chi connectivity index (χ0n) is 20.0. The summed E-state index contributed by atoms with van der Waals surface area (Å²) in [5.41, 5.74) is 1.76. The smallest absolute Gasteiger partial charge is 0.357 e. The molecule has 0 radical (unpaired) electrons. The summed E-state index contributed by atoms with van der Waals surface area (Å²) in [5, 5.41) is 24.4. The number of hydrogen-bond acceptors (Lipinski definition) is 6. The fourth-order valence-electron chi connectivity index (χ4n) is 4.14. The number of carbonyl (C=O) groups is 2. The van der Waals surface area contributed by atoms with Gasteiger partial charge in [0.1, 0.15) is 0 Å². The first-order valence-corrected chi connectivity index (χ1v) is 11.4. The highest BCUT2D eigenvalue weighted by Gasteiger charge is 2.49. The number of amides is 1. The summed E-state index contributed by atoms with van der Waals surface area (Å²) in [6, 6.07) is 15.4. The maximum atomic E-state index is 13.1. The maximum Gasteiger partial charge on any atom is 0.357 e. The number of tetrazole rings is 1. The van der Waals surface area contributed by atoms with Crippen molar-refractivity contribution in [1.29, 1.82) is 0 Å². The van der Waals surface area contributed by atoms with Gasteiger partial charge in [0, 0.05) is 31.6 Å². The number of aromatic amines is 1. The van der Waals surface area contributed by atoms with Crippen LogP contribution in [0.15, 0.2) is 48.5 Å². The molecule has 2 N–H and O–H groups in total. The summed E-state index contributed by atoms with van der Waals surface area (Å²) in [7, 11) is 1.34. The van der Waals surface area contributed by atoms with Gasteiger partial charge in [-0.2, -0.15) is 5.21 Å². The molecule has 1 aromatic heterocycles. The predicted octanol–water partition coefficient (Wildman–Crippen LogP) is 4.14. The van der Waals surface area contributed by atoms with E-state index in [2.05, 4.69) is 20.6 Å². The highest BCUT2D eigenvalue weighted by Crippen LogP contribution is 2.32. The molecule has 0 aliphatic carbocycles. The second-order valence-corrected chi connectivity index (χ2v) is 8.42. The molecular weight excluding hydrogens is 434 g/mol. The fourth-order valence-corrected chi connectivity index (χ4v) is 4.14. The number of aliphatic carboxylic acids is 1. The number of benzene rings is 2. The van der Waals surface area contributed by atoms with Crippen LogP contribution in [-0.4, -0.2) is 55.3 Å². The number of hydrogen-bond donors (Lipinski definition) is 2. The molecule has 1 heterocycles. The van der Waals surface area contributed by atoms with Gasteiger partial charge >= 0.3 is 5.97 Å². The Labute approximate surface area is 199 Å². The SMILES string of the molecule is CCCCC(=O)N(Cc1ccc(-c2ccccc2-c2nn[nH]n2)cc1)[C@@](OC)(C(=O)O)C(C)C. The van der Waals surface area contributed by atoms with Gasteiger partial charge in [0.15, 0.2) is 0 Å².